The summed E-state index contributed by atoms with van der Waals surface area (Å²) in [5, 5.41) is 2.93. The summed E-state index contributed by atoms with van der Waals surface area (Å²) in [6, 6.07) is 27.2. The van der Waals surface area contributed by atoms with E-state index in [2.05, 4.69) is 17.4 Å². The second-order valence-corrected chi connectivity index (χ2v) is 6.78. The number of aryl methyl sites for hydroxylation is 1. The van der Waals surface area contributed by atoms with Crippen LogP contribution in [-0.4, -0.2) is 18.6 Å². The number of ether oxygens (including phenoxy) is 2. The number of hydrogen-bond donors (Lipinski definition) is 1. The number of carbonyl (C=O) groups is 1. The zero-order valence-corrected chi connectivity index (χ0v) is 16.7. The summed E-state index contributed by atoms with van der Waals surface area (Å²) in [4.78, 5) is 12.6. The van der Waals surface area contributed by atoms with Crippen LogP contribution in [-0.2, 0) is 11.2 Å². The third-order valence-corrected chi connectivity index (χ3v) is 4.51. The van der Waals surface area contributed by atoms with Crippen molar-refractivity contribution >= 4 is 11.6 Å². The molecule has 4 nitrogen and oxygen atoms in total. The molecule has 3 aromatic carbocycles. The zero-order valence-electron chi connectivity index (χ0n) is 16.7. The lowest BCUT2D eigenvalue weighted by molar-refractivity contribution is -0.122. The molecule has 29 heavy (non-hydrogen) atoms. The largest absolute Gasteiger partial charge is 0.494 e. The topological polar surface area (TPSA) is 47.6 Å². The van der Waals surface area contributed by atoms with E-state index < -0.39 is 6.10 Å². The number of amides is 1. The summed E-state index contributed by atoms with van der Waals surface area (Å²) in [5.74, 6) is 1.26. The highest BCUT2D eigenvalue weighted by molar-refractivity contribution is 5.94. The molecule has 0 bridgehead atoms. The number of hydrogen-bond acceptors (Lipinski definition) is 3. The van der Waals surface area contributed by atoms with Crippen LogP contribution in [0.15, 0.2) is 84.9 Å². The number of para-hydroxylation sites is 1. The molecule has 0 fully saturated rings. The molecule has 150 valence electrons. The van der Waals surface area contributed by atoms with Gasteiger partial charge in [-0.2, -0.15) is 0 Å². The number of benzene rings is 3. The number of carbonyl (C=O) groups excluding carboxylic acids is 1. The van der Waals surface area contributed by atoms with Crippen molar-refractivity contribution in [3.8, 4) is 11.5 Å². The molecule has 4 heteroatoms. The van der Waals surface area contributed by atoms with Gasteiger partial charge in [0.1, 0.15) is 11.5 Å². The summed E-state index contributed by atoms with van der Waals surface area (Å²) >= 11 is 0. The van der Waals surface area contributed by atoms with Crippen LogP contribution in [0, 0.1) is 0 Å². The third kappa shape index (κ3) is 6.68. The Bertz CT molecular complexity index is 881. The third-order valence-electron chi connectivity index (χ3n) is 4.51. The van der Waals surface area contributed by atoms with Crippen LogP contribution in [0.1, 0.15) is 25.3 Å². The van der Waals surface area contributed by atoms with Crippen LogP contribution < -0.4 is 14.8 Å². The van der Waals surface area contributed by atoms with Gasteiger partial charge in [-0.05, 0) is 49.1 Å². The Morgan fingerprint density at radius 2 is 1.59 bits per heavy atom. The monoisotopic (exact) mass is 389 g/mol. The van der Waals surface area contributed by atoms with Crippen LogP contribution in [0.25, 0.3) is 0 Å². The van der Waals surface area contributed by atoms with Crippen LogP contribution in [0.2, 0.25) is 0 Å². The van der Waals surface area contributed by atoms with E-state index in [1.54, 1.807) is 0 Å². The van der Waals surface area contributed by atoms with E-state index in [1.165, 1.54) is 5.56 Å². The minimum absolute atomic E-state index is 0.169. The molecular weight excluding hydrogens is 362 g/mol. The van der Waals surface area contributed by atoms with Crippen molar-refractivity contribution in [3.63, 3.8) is 0 Å². The molecule has 0 aliphatic heterocycles. The van der Waals surface area contributed by atoms with E-state index in [-0.39, 0.29) is 5.91 Å². The lowest BCUT2D eigenvalue weighted by Crippen LogP contribution is -2.32. The SMILES string of the molecule is CCC(Oc1ccccc1)C(=O)Nc1cccc(OCCCc2ccccc2)c1. The molecule has 0 heterocycles. The lowest BCUT2D eigenvalue weighted by Gasteiger charge is -2.17. The van der Waals surface area contributed by atoms with Crippen molar-refractivity contribution in [3.05, 3.63) is 90.5 Å². The second-order valence-electron chi connectivity index (χ2n) is 6.78. The predicted molar refractivity (Wildman–Crippen MR) is 116 cm³/mol. The fourth-order valence-electron chi connectivity index (χ4n) is 2.98. The van der Waals surface area contributed by atoms with Crippen molar-refractivity contribution in [2.75, 3.05) is 11.9 Å². The minimum atomic E-state index is -0.548. The standard InChI is InChI=1S/C25H27NO3/c1-2-24(29-22-15-7-4-8-16-22)25(27)26-21-14-9-17-23(19-21)28-18-10-13-20-11-5-3-6-12-20/h3-9,11-12,14-17,19,24H,2,10,13,18H2,1H3,(H,26,27). The normalized spacial score (nSPS) is 11.5. The second kappa shape index (κ2) is 10.9. The van der Waals surface area contributed by atoms with Gasteiger partial charge >= 0.3 is 0 Å². The highest BCUT2D eigenvalue weighted by atomic mass is 16.5. The van der Waals surface area contributed by atoms with Crippen LogP contribution >= 0.6 is 0 Å². The van der Waals surface area contributed by atoms with E-state index in [0.717, 1.165) is 18.6 Å². The Labute approximate surface area is 172 Å². The highest BCUT2D eigenvalue weighted by Crippen LogP contribution is 2.19. The molecule has 0 aliphatic rings. The fourth-order valence-corrected chi connectivity index (χ4v) is 2.98. The van der Waals surface area contributed by atoms with Crippen LogP contribution in [0.4, 0.5) is 5.69 Å². The molecule has 0 aromatic heterocycles. The van der Waals surface area contributed by atoms with Crippen molar-refractivity contribution in [1.29, 1.82) is 0 Å². The number of nitrogens with one attached hydrogen (secondary N) is 1. The molecule has 3 rings (SSSR count). The molecule has 0 radical (unpaired) electrons. The summed E-state index contributed by atoms with van der Waals surface area (Å²) in [6.07, 6.45) is 1.94. The summed E-state index contributed by atoms with van der Waals surface area (Å²) < 4.78 is 11.7. The molecule has 3 aromatic rings. The van der Waals surface area contributed by atoms with Gasteiger partial charge in [0.05, 0.1) is 6.61 Å². The van der Waals surface area contributed by atoms with Crippen LogP contribution in [0.5, 0.6) is 11.5 Å². The average Bonchev–Trinajstić information content (AvgIpc) is 2.77. The van der Waals surface area contributed by atoms with Gasteiger partial charge in [0.2, 0.25) is 0 Å². The Morgan fingerprint density at radius 1 is 0.897 bits per heavy atom. The van der Waals surface area contributed by atoms with E-state index >= 15 is 0 Å². The first-order valence-corrected chi connectivity index (χ1v) is 10.0. The maximum atomic E-state index is 12.6. The molecule has 1 N–H and O–H groups in total. The molecule has 0 spiro atoms. The van der Waals surface area contributed by atoms with E-state index in [9.17, 15) is 4.79 Å². The minimum Gasteiger partial charge on any atom is -0.494 e. The van der Waals surface area contributed by atoms with Gasteiger partial charge < -0.3 is 14.8 Å². The van der Waals surface area contributed by atoms with Gasteiger partial charge in [-0.25, -0.2) is 0 Å². The van der Waals surface area contributed by atoms with Crippen molar-refractivity contribution < 1.29 is 14.3 Å². The Balaban J connectivity index is 1.49. The quantitative estimate of drug-likeness (QED) is 0.466. The van der Waals surface area contributed by atoms with Gasteiger partial charge in [0.25, 0.3) is 5.91 Å². The van der Waals surface area contributed by atoms with Crippen molar-refractivity contribution in [1.82, 2.24) is 0 Å². The molecule has 1 atom stereocenters. The maximum absolute atomic E-state index is 12.6. The fraction of sp³-hybridized carbons (Fsp3) is 0.240. The molecular formula is C25H27NO3. The van der Waals surface area contributed by atoms with E-state index in [1.807, 2.05) is 79.7 Å². The average molecular weight is 389 g/mol. The van der Waals surface area contributed by atoms with Gasteiger partial charge in [0.15, 0.2) is 6.10 Å². The van der Waals surface area contributed by atoms with Crippen molar-refractivity contribution in [2.24, 2.45) is 0 Å². The van der Waals surface area contributed by atoms with Gasteiger partial charge in [0, 0.05) is 11.8 Å². The molecule has 1 amide bonds. The Morgan fingerprint density at radius 3 is 2.31 bits per heavy atom. The maximum Gasteiger partial charge on any atom is 0.265 e. The Hall–Kier alpha value is -3.27. The number of rotatable bonds is 10. The molecule has 0 saturated heterocycles. The predicted octanol–water partition coefficient (Wildman–Crippen LogP) is 5.49. The molecule has 0 saturated carbocycles. The highest BCUT2D eigenvalue weighted by Gasteiger charge is 2.18. The van der Waals surface area contributed by atoms with E-state index in [4.69, 9.17) is 9.47 Å². The zero-order chi connectivity index (χ0) is 20.3. The number of anilines is 1. The van der Waals surface area contributed by atoms with E-state index in [0.29, 0.717) is 24.5 Å². The van der Waals surface area contributed by atoms with Gasteiger partial charge in [-0.1, -0.05) is 61.5 Å². The van der Waals surface area contributed by atoms with Crippen molar-refractivity contribution in [2.45, 2.75) is 32.3 Å². The molecule has 0 aliphatic carbocycles. The first-order chi connectivity index (χ1) is 14.2. The summed E-state index contributed by atoms with van der Waals surface area (Å²) in [7, 11) is 0. The van der Waals surface area contributed by atoms with Crippen LogP contribution in [0.3, 0.4) is 0 Å². The summed E-state index contributed by atoms with van der Waals surface area (Å²) in [5.41, 5.74) is 2.01. The first kappa shape index (κ1) is 20.5. The smallest absolute Gasteiger partial charge is 0.265 e. The summed E-state index contributed by atoms with van der Waals surface area (Å²) in [6.45, 7) is 2.56. The first-order valence-electron chi connectivity index (χ1n) is 10.0. The van der Waals surface area contributed by atoms with Gasteiger partial charge in [-0.3, -0.25) is 4.79 Å². The molecule has 1 unspecified atom stereocenters. The van der Waals surface area contributed by atoms with Gasteiger partial charge in [-0.15, -0.1) is 0 Å². The lowest BCUT2D eigenvalue weighted by atomic mass is 10.1. The Kier molecular flexibility index (Phi) is 7.70.